The highest BCUT2D eigenvalue weighted by Gasteiger charge is 2.59. The number of Topliss-reactive ketones (excluding diaryl/α,β-unsaturated/α-hetero) is 1. The van der Waals surface area contributed by atoms with Gasteiger partial charge in [0.1, 0.15) is 5.70 Å². The first-order chi connectivity index (χ1) is 21.2. The van der Waals surface area contributed by atoms with Crippen LogP contribution in [-0.4, -0.2) is 102 Å². The molecule has 1 saturated heterocycles. The van der Waals surface area contributed by atoms with Crippen LogP contribution in [0.5, 0.6) is 23.0 Å². The van der Waals surface area contributed by atoms with Gasteiger partial charge >= 0.3 is 5.97 Å². The fourth-order valence-corrected chi connectivity index (χ4v) is 6.40. The zero-order valence-electron chi connectivity index (χ0n) is 24.3. The number of benzene rings is 2. The predicted octanol–water partition coefficient (Wildman–Crippen LogP) is 2.71. The number of amides is 2. The van der Waals surface area contributed by atoms with E-state index in [0.717, 1.165) is 12.1 Å². The van der Waals surface area contributed by atoms with E-state index in [-0.39, 0.29) is 65.9 Å². The number of rotatable bonds is 13. The van der Waals surface area contributed by atoms with E-state index in [1.54, 1.807) is 6.92 Å². The summed E-state index contributed by atoms with van der Waals surface area (Å²) in [4.78, 5) is 53.7. The lowest BCUT2D eigenvalue weighted by Gasteiger charge is -2.46. The maximum atomic E-state index is 12.9. The van der Waals surface area contributed by atoms with Crippen molar-refractivity contribution in [3.8, 4) is 23.0 Å². The summed E-state index contributed by atoms with van der Waals surface area (Å²) in [7, 11) is 0. The number of aliphatic carboxylic acids is 1. The van der Waals surface area contributed by atoms with E-state index >= 15 is 0 Å². The number of aromatic hydroxyl groups is 4. The van der Waals surface area contributed by atoms with Crippen molar-refractivity contribution in [1.82, 2.24) is 15.1 Å². The largest absolute Gasteiger partial charge is 0.504 e. The smallest absolute Gasteiger partial charge is 0.352 e. The van der Waals surface area contributed by atoms with Crippen LogP contribution in [0.15, 0.2) is 35.5 Å². The van der Waals surface area contributed by atoms with Gasteiger partial charge < -0.3 is 40.9 Å². The third-order valence-corrected chi connectivity index (χ3v) is 9.00. The van der Waals surface area contributed by atoms with E-state index in [9.17, 15) is 49.8 Å². The van der Waals surface area contributed by atoms with Crippen LogP contribution >= 0.6 is 23.2 Å². The Hall–Kier alpha value is -4.04. The number of carboxylic acids is 1. The topological polar surface area (TPSA) is 208 Å². The quantitative estimate of drug-likeness (QED) is 0.0940. The molecule has 2 aliphatic rings. The van der Waals surface area contributed by atoms with Gasteiger partial charge in [-0.1, -0.05) is 30.1 Å². The number of halogens is 2. The minimum absolute atomic E-state index is 0.0205. The van der Waals surface area contributed by atoms with Crippen LogP contribution in [0.1, 0.15) is 47.4 Å². The Balaban J connectivity index is 1.51. The van der Waals surface area contributed by atoms with Gasteiger partial charge in [-0.2, -0.15) is 0 Å². The Labute approximate surface area is 267 Å². The molecule has 7 N–H and O–H groups in total. The molecule has 0 saturated carbocycles. The van der Waals surface area contributed by atoms with Crippen LogP contribution < -0.4 is 5.32 Å². The SMILES string of the molecule is C[C@@H](O)[C@H]1C(=O)N2C(C(=O)O)=C(CN(CCCC(=O)c3ccc(O)c(O)c3Cl)CCNC(=O)c3ccc(O)c(O)c3Cl)[C@H](C)[C@H]12. The number of ketones is 1. The molecule has 0 radical (unpaired) electrons. The molecule has 4 atom stereocenters. The summed E-state index contributed by atoms with van der Waals surface area (Å²) < 4.78 is 0. The van der Waals surface area contributed by atoms with Crippen LogP contribution in [0.25, 0.3) is 0 Å². The van der Waals surface area contributed by atoms with Gasteiger partial charge in [-0.15, -0.1) is 0 Å². The Bertz CT molecular complexity index is 1500. The van der Waals surface area contributed by atoms with E-state index in [0.29, 0.717) is 5.57 Å². The van der Waals surface area contributed by atoms with E-state index < -0.39 is 70.5 Å². The second-order valence-electron chi connectivity index (χ2n) is 11.1. The molecule has 2 aromatic carbocycles. The summed E-state index contributed by atoms with van der Waals surface area (Å²) in [6.07, 6.45) is -0.730. The lowest BCUT2D eigenvalue weighted by molar-refractivity contribution is -0.163. The Morgan fingerprint density at radius 3 is 2.13 bits per heavy atom. The first kappa shape index (κ1) is 33.8. The number of carbonyl (C=O) groups excluding carboxylic acids is 3. The first-order valence-corrected chi connectivity index (χ1v) is 14.8. The highest BCUT2D eigenvalue weighted by atomic mass is 35.5. The molecule has 2 aliphatic heterocycles. The number of nitrogens with zero attached hydrogens (tertiary/aromatic N) is 2. The maximum Gasteiger partial charge on any atom is 0.352 e. The van der Waals surface area contributed by atoms with Gasteiger partial charge in [0, 0.05) is 37.5 Å². The molecule has 1 fully saturated rings. The molecule has 4 rings (SSSR count). The normalized spacial score (nSPS) is 19.8. The van der Waals surface area contributed by atoms with E-state index in [1.165, 1.54) is 24.0 Å². The molecular formula is C30H33Cl2N3O10. The fraction of sp³-hybridized carbons (Fsp3) is 0.400. The monoisotopic (exact) mass is 665 g/mol. The molecular weight excluding hydrogens is 633 g/mol. The Morgan fingerprint density at radius 1 is 0.978 bits per heavy atom. The van der Waals surface area contributed by atoms with Crippen LogP contribution in [0.4, 0.5) is 0 Å². The van der Waals surface area contributed by atoms with E-state index in [1.807, 2.05) is 4.90 Å². The van der Waals surface area contributed by atoms with Gasteiger partial charge in [0.15, 0.2) is 28.8 Å². The van der Waals surface area contributed by atoms with Crippen molar-refractivity contribution in [2.45, 2.75) is 38.8 Å². The number of aliphatic hydroxyl groups excluding tert-OH is 1. The lowest BCUT2D eigenvalue weighted by Crippen LogP contribution is -2.63. The minimum atomic E-state index is -1.29. The molecule has 0 aromatic heterocycles. The molecule has 45 heavy (non-hydrogen) atoms. The lowest BCUT2D eigenvalue weighted by atomic mass is 9.77. The number of β-lactam (4-membered cyclic amide) rings is 1. The van der Waals surface area contributed by atoms with Crippen LogP contribution in [0.3, 0.4) is 0 Å². The van der Waals surface area contributed by atoms with Gasteiger partial charge in [0.25, 0.3) is 5.91 Å². The number of hydrogen-bond donors (Lipinski definition) is 7. The first-order valence-electron chi connectivity index (χ1n) is 14.1. The summed E-state index contributed by atoms with van der Waals surface area (Å²) in [6, 6.07) is 4.29. The number of phenols is 4. The van der Waals surface area contributed by atoms with Crippen molar-refractivity contribution in [1.29, 1.82) is 0 Å². The number of carbonyl (C=O) groups is 4. The molecule has 13 nitrogen and oxygen atoms in total. The average Bonchev–Trinajstić information content (AvgIpc) is 3.21. The van der Waals surface area contributed by atoms with Gasteiger partial charge in [-0.25, -0.2) is 4.79 Å². The van der Waals surface area contributed by atoms with Gasteiger partial charge in [-0.05, 0) is 49.7 Å². The fourth-order valence-electron chi connectivity index (χ4n) is 5.88. The molecule has 0 spiro atoms. The highest BCUT2D eigenvalue weighted by molar-refractivity contribution is 6.36. The zero-order valence-corrected chi connectivity index (χ0v) is 25.8. The molecule has 2 aromatic rings. The van der Waals surface area contributed by atoms with Crippen LogP contribution in [0.2, 0.25) is 10.0 Å². The van der Waals surface area contributed by atoms with E-state index in [2.05, 4.69) is 5.32 Å². The second-order valence-corrected chi connectivity index (χ2v) is 11.8. The van der Waals surface area contributed by atoms with E-state index in [4.69, 9.17) is 23.2 Å². The molecule has 242 valence electrons. The van der Waals surface area contributed by atoms with Crippen LogP contribution in [-0.2, 0) is 9.59 Å². The predicted molar refractivity (Wildman–Crippen MR) is 162 cm³/mol. The van der Waals surface area contributed by atoms with Crippen LogP contribution in [0, 0.1) is 11.8 Å². The van der Waals surface area contributed by atoms with Crippen molar-refractivity contribution in [2.75, 3.05) is 26.2 Å². The number of aliphatic hydroxyl groups is 1. The average molecular weight is 667 g/mol. The molecule has 0 unspecified atom stereocenters. The Kier molecular flexibility index (Phi) is 10.2. The summed E-state index contributed by atoms with van der Waals surface area (Å²) in [5, 5.41) is 61.2. The number of hydrogen-bond acceptors (Lipinski definition) is 10. The Morgan fingerprint density at radius 2 is 1.56 bits per heavy atom. The molecule has 2 heterocycles. The number of fused-ring (bicyclic) bond motifs is 1. The summed E-state index contributed by atoms with van der Waals surface area (Å²) in [5.74, 6) is -6.15. The standard InChI is InChI=1S/C30H33Cl2N3O10/c1-13-17(25(30(44)45)35-24(13)21(14(2)36)29(35)43)12-34(10-3-4-18(37)15-5-7-19(38)26(40)22(15)31)11-9-33-28(42)16-6-8-20(39)27(41)23(16)32/h5-8,13-14,21,24,36,38-41H,3-4,9-12H2,1-2H3,(H,33,42)(H,44,45)/t13-,14+,21+,24+/m0/s1. The molecule has 15 heteroatoms. The maximum absolute atomic E-state index is 12.9. The molecule has 2 amide bonds. The van der Waals surface area contributed by atoms with Crippen molar-refractivity contribution >= 4 is 46.8 Å². The van der Waals surface area contributed by atoms with Gasteiger partial charge in [0.2, 0.25) is 5.91 Å². The minimum Gasteiger partial charge on any atom is -0.504 e. The van der Waals surface area contributed by atoms with Gasteiger partial charge in [-0.3, -0.25) is 19.3 Å². The van der Waals surface area contributed by atoms with Crippen molar-refractivity contribution in [3.05, 3.63) is 56.7 Å². The zero-order chi connectivity index (χ0) is 33.3. The number of phenolic OH excluding ortho intramolecular Hbond substituents is 4. The number of nitrogens with one attached hydrogen (secondary N) is 1. The summed E-state index contributed by atoms with van der Waals surface area (Å²) in [5.41, 5.74) is 0.245. The highest BCUT2D eigenvalue weighted by Crippen LogP contribution is 2.47. The summed E-state index contributed by atoms with van der Waals surface area (Å²) >= 11 is 12.0. The third kappa shape index (κ3) is 6.52. The second kappa shape index (κ2) is 13.5. The summed E-state index contributed by atoms with van der Waals surface area (Å²) in [6.45, 7) is 3.79. The van der Waals surface area contributed by atoms with Crippen molar-refractivity contribution in [3.63, 3.8) is 0 Å². The van der Waals surface area contributed by atoms with Crippen molar-refractivity contribution < 1.29 is 49.8 Å². The molecule has 0 bridgehead atoms. The molecule has 0 aliphatic carbocycles. The van der Waals surface area contributed by atoms with Crippen molar-refractivity contribution in [2.24, 2.45) is 11.8 Å². The van der Waals surface area contributed by atoms with Gasteiger partial charge in [0.05, 0.1) is 33.7 Å². The third-order valence-electron chi connectivity index (χ3n) is 8.24. The number of carboxylic acid groups (broad SMARTS) is 1.